The number of benzene rings is 2. The number of hydrogen-bond donors (Lipinski definition) is 1. The molecule has 0 bridgehead atoms. The highest BCUT2D eigenvalue weighted by molar-refractivity contribution is 14.1. The molecule has 0 spiro atoms. The second kappa shape index (κ2) is 6.76. The van der Waals surface area contributed by atoms with Crippen LogP contribution in [0.15, 0.2) is 53.4 Å². The van der Waals surface area contributed by atoms with Gasteiger partial charge in [-0.1, -0.05) is 0 Å². The molecule has 0 aliphatic carbocycles. The summed E-state index contributed by atoms with van der Waals surface area (Å²) < 4.78 is 26.1. The van der Waals surface area contributed by atoms with Crippen LogP contribution in [0.3, 0.4) is 0 Å². The summed E-state index contributed by atoms with van der Waals surface area (Å²) >= 11 is 2.17. The average Bonchev–Trinajstić information content (AvgIpc) is 2.48. The van der Waals surface area contributed by atoms with Gasteiger partial charge in [-0.15, -0.1) is 0 Å². The van der Waals surface area contributed by atoms with Crippen LogP contribution in [-0.4, -0.2) is 32.7 Å². The predicted molar refractivity (Wildman–Crippen MR) is 94.4 cm³/mol. The van der Waals surface area contributed by atoms with E-state index in [1.807, 2.05) is 12.1 Å². The number of rotatable bonds is 4. The van der Waals surface area contributed by atoms with Crippen molar-refractivity contribution in [3.8, 4) is 0 Å². The predicted octanol–water partition coefficient (Wildman–Crippen LogP) is 2.79. The van der Waals surface area contributed by atoms with Gasteiger partial charge in [0.1, 0.15) is 0 Å². The number of anilines is 1. The number of halogens is 1. The van der Waals surface area contributed by atoms with Crippen molar-refractivity contribution in [1.29, 1.82) is 0 Å². The summed E-state index contributed by atoms with van der Waals surface area (Å²) in [6.07, 6.45) is 0. The molecule has 0 saturated carbocycles. The van der Waals surface area contributed by atoms with Crippen LogP contribution in [0, 0.1) is 3.57 Å². The van der Waals surface area contributed by atoms with E-state index in [1.165, 1.54) is 26.2 Å². The molecule has 0 aliphatic heterocycles. The molecule has 1 N–H and O–H groups in total. The van der Waals surface area contributed by atoms with Crippen molar-refractivity contribution < 1.29 is 13.2 Å². The van der Waals surface area contributed by atoms with Crippen LogP contribution in [0.5, 0.6) is 0 Å². The van der Waals surface area contributed by atoms with Crippen molar-refractivity contribution in [3.63, 3.8) is 0 Å². The van der Waals surface area contributed by atoms with Crippen LogP contribution >= 0.6 is 22.6 Å². The van der Waals surface area contributed by atoms with Gasteiger partial charge >= 0.3 is 0 Å². The van der Waals surface area contributed by atoms with Gasteiger partial charge in [0, 0.05) is 28.9 Å². The van der Waals surface area contributed by atoms with Gasteiger partial charge in [0.25, 0.3) is 5.91 Å². The Labute approximate surface area is 143 Å². The van der Waals surface area contributed by atoms with E-state index in [9.17, 15) is 13.2 Å². The second-order valence-corrected chi connectivity index (χ2v) is 8.17. The minimum Gasteiger partial charge on any atom is -0.322 e. The second-order valence-electron chi connectivity index (χ2n) is 4.77. The third kappa shape index (κ3) is 3.84. The van der Waals surface area contributed by atoms with Crippen LogP contribution < -0.4 is 5.32 Å². The highest BCUT2D eigenvalue weighted by atomic mass is 127. The van der Waals surface area contributed by atoms with Gasteiger partial charge in [0.15, 0.2) is 0 Å². The van der Waals surface area contributed by atoms with Gasteiger partial charge in [-0.2, -0.15) is 0 Å². The standard InChI is InChI=1S/C15H15IN2O3S/c1-18(2)22(20,21)14-9-7-13(8-10-14)17-15(19)11-3-5-12(16)6-4-11/h3-10H,1-2H3,(H,17,19). The first-order valence-corrected chi connectivity index (χ1v) is 8.92. The first kappa shape index (κ1) is 16.9. The van der Waals surface area contributed by atoms with Crippen LogP contribution in [-0.2, 0) is 10.0 Å². The molecule has 0 unspecified atom stereocenters. The maximum Gasteiger partial charge on any atom is 0.255 e. The molecule has 0 radical (unpaired) electrons. The van der Waals surface area contributed by atoms with Crippen LogP contribution in [0.25, 0.3) is 0 Å². The molecule has 1 amide bonds. The Bertz CT molecular complexity index is 769. The molecular formula is C15H15IN2O3S. The lowest BCUT2D eigenvalue weighted by molar-refractivity contribution is 0.102. The lowest BCUT2D eigenvalue weighted by Crippen LogP contribution is -2.22. The minimum atomic E-state index is -3.46. The van der Waals surface area contributed by atoms with Gasteiger partial charge in [-0.3, -0.25) is 4.79 Å². The van der Waals surface area contributed by atoms with Gasteiger partial charge in [-0.25, -0.2) is 12.7 Å². The summed E-state index contributed by atoms with van der Waals surface area (Å²) in [6.45, 7) is 0. The summed E-state index contributed by atoms with van der Waals surface area (Å²) in [7, 11) is -0.511. The van der Waals surface area contributed by atoms with Crippen molar-refractivity contribution in [3.05, 3.63) is 57.7 Å². The molecule has 116 valence electrons. The van der Waals surface area contributed by atoms with Gasteiger partial charge < -0.3 is 5.32 Å². The maximum atomic E-state index is 12.1. The normalized spacial score (nSPS) is 11.5. The molecule has 2 aromatic rings. The highest BCUT2D eigenvalue weighted by Gasteiger charge is 2.16. The SMILES string of the molecule is CN(C)S(=O)(=O)c1ccc(NC(=O)c2ccc(I)cc2)cc1. The lowest BCUT2D eigenvalue weighted by Gasteiger charge is -2.12. The van der Waals surface area contributed by atoms with Crippen molar-refractivity contribution in [2.75, 3.05) is 19.4 Å². The van der Waals surface area contributed by atoms with E-state index >= 15 is 0 Å². The first-order valence-electron chi connectivity index (χ1n) is 6.40. The largest absolute Gasteiger partial charge is 0.322 e. The fourth-order valence-electron chi connectivity index (χ4n) is 1.73. The van der Waals surface area contributed by atoms with Crippen LogP contribution in [0.2, 0.25) is 0 Å². The number of amides is 1. The number of sulfonamides is 1. The molecule has 0 saturated heterocycles. The number of nitrogens with one attached hydrogen (secondary N) is 1. The van der Waals surface area contributed by atoms with Crippen LogP contribution in [0.4, 0.5) is 5.69 Å². The van der Waals surface area contributed by atoms with Crippen molar-refractivity contribution >= 4 is 44.2 Å². The Morgan fingerprint density at radius 1 is 1.00 bits per heavy atom. The molecule has 22 heavy (non-hydrogen) atoms. The average molecular weight is 430 g/mol. The third-order valence-corrected chi connectivity index (χ3v) is 5.55. The van der Waals surface area contributed by atoms with Crippen molar-refractivity contribution in [1.82, 2.24) is 4.31 Å². The van der Waals surface area contributed by atoms with Gasteiger partial charge in [-0.05, 0) is 71.1 Å². The topological polar surface area (TPSA) is 66.5 Å². The Kier molecular flexibility index (Phi) is 5.20. The molecule has 7 heteroatoms. The first-order chi connectivity index (χ1) is 10.3. The number of carbonyl (C=O) groups is 1. The zero-order chi connectivity index (χ0) is 16.3. The van der Waals surface area contributed by atoms with Crippen LogP contribution in [0.1, 0.15) is 10.4 Å². The van der Waals surface area contributed by atoms with E-state index in [1.54, 1.807) is 24.3 Å². The van der Waals surface area contributed by atoms with E-state index < -0.39 is 10.0 Å². The van der Waals surface area contributed by atoms with E-state index in [-0.39, 0.29) is 10.8 Å². The van der Waals surface area contributed by atoms with E-state index in [4.69, 9.17) is 0 Å². The number of carbonyl (C=O) groups excluding carboxylic acids is 1. The molecule has 0 heterocycles. The fraction of sp³-hybridized carbons (Fsp3) is 0.133. The lowest BCUT2D eigenvalue weighted by atomic mass is 10.2. The molecule has 2 rings (SSSR count). The molecule has 0 aliphatic rings. The molecule has 0 fully saturated rings. The molecule has 5 nitrogen and oxygen atoms in total. The van der Waals surface area contributed by atoms with Gasteiger partial charge in [0.05, 0.1) is 4.90 Å². The highest BCUT2D eigenvalue weighted by Crippen LogP contribution is 2.17. The quantitative estimate of drug-likeness (QED) is 0.759. The molecule has 0 atom stereocenters. The zero-order valence-electron chi connectivity index (χ0n) is 12.1. The Morgan fingerprint density at radius 2 is 1.55 bits per heavy atom. The van der Waals surface area contributed by atoms with E-state index in [2.05, 4.69) is 27.9 Å². The Hall–Kier alpha value is -1.45. The summed E-state index contributed by atoms with van der Waals surface area (Å²) in [5.74, 6) is -0.236. The summed E-state index contributed by atoms with van der Waals surface area (Å²) in [6, 6.07) is 13.3. The molecular weight excluding hydrogens is 415 g/mol. The Morgan fingerprint density at radius 3 is 2.05 bits per heavy atom. The number of nitrogens with zero attached hydrogens (tertiary/aromatic N) is 1. The van der Waals surface area contributed by atoms with Crippen molar-refractivity contribution in [2.24, 2.45) is 0 Å². The summed E-state index contributed by atoms with van der Waals surface area (Å²) in [5.41, 5.74) is 1.09. The smallest absolute Gasteiger partial charge is 0.255 e. The molecule has 2 aromatic carbocycles. The Balaban J connectivity index is 2.15. The fourth-order valence-corrected chi connectivity index (χ4v) is 2.99. The zero-order valence-corrected chi connectivity index (χ0v) is 15.1. The maximum absolute atomic E-state index is 12.1. The monoisotopic (exact) mass is 430 g/mol. The van der Waals surface area contributed by atoms with E-state index in [0.717, 1.165) is 7.88 Å². The van der Waals surface area contributed by atoms with Gasteiger partial charge in [0.2, 0.25) is 10.0 Å². The minimum absolute atomic E-state index is 0.185. The summed E-state index contributed by atoms with van der Waals surface area (Å²) in [5, 5.41) is 2.74. The van der Waals surface area contributed by atoms with E-state index in [0.29, 0.717) is 11.3 Å². The van der Waals surface area contributed by atoms with Crippen molar-refractivity contribution in [2.45, 2.75) is 4.90 Å². The number of hydrogen-bond acceptors (Lipinski definition) is 3. The molecule has 0 aromatic heterocycles. The summed E-state index contributed by atoms with van der Waals surface area (Å²) in [4.78, 5) is 12.3. The third-order valence-electron chi connectivity index (χ3n) is 3.00.